The fourth-order valence-electron chi connectivity index (χ4n) is 3.06. The molecule has 0 bridgehead atoms. The Kier molecular flexibility index (Phi) is 4.38. The van der Waals surface area contributed by atoms with Gasteiger partial charge in [0.05, 0.1) is 24.5 Å². The predicted octanol–water partition coefficient (Wildman–Crippen LogP) is 1.38. The number of aliphatic hydroxyl groups excluding tert-OH is 1. The molecule has 1 N–H and O–H groups in total. The Bertz CT molecular complexity index is 1180. The molecule has 0 saturated carbocycles. The quantitative estimate of drug-likeness (QED) is 0.571. The van der Waals surface area contributed by atoms with Gasteiger partial charge in [0.1, 0.15) is 11.3 Å². The maximum absolute atomic E-state index is 13.3. The summed E-state index contributed by atoms with van der Waals surface area (Å²) in [6, 6.07) is 7.69. The molecule has 0 amide bonds. The zero-order valence-corrected chi connectivity index (χ0v) is 14.5. The minimum absolute atomic E-state index is 0.149. The number of hydrogen-bond donors (Lipinski definition) is 1. The number of aliphatic hydroxyl groups is 1. The maximum Gasteiger partial charge on any atom is 0.280 e. The van der Waals surface area contributed by atoms with Crippen LogP contribution in [0.5, 0.6) is 0 Å². The molecule has 0 spiro atoms. The van der Waals surface area contributed by atoms with Gasteiger partial charge >= 0.3 is 0 Å². The van der Waals surface area contributed by atoms with Gasteiger partial charge in [0.15, 0.2) is 11.2 Å². The number of ether oxygens (including phenoxy) is 1. The average Bonchev–Trinajstić information content (AvgIpc) is 3.03. The lowest BCUT2D eigenvalue weighted by Crippen LogP contribution is -2.23. The molecule has 0 atom stereocenters. The smallest absolute Gasteiger partial charge is 0.280 e. The second kappa shape index (κ2) is 6.86. The Hall–Kier alpha value is -3.17. The lowest BCUT2D eigenvalue weighted by Gasteiger charge is -2.05. The van der Waals surface area contributed by atoms with Crippen molar-refractivity contribution in [2.45, 2.75) is 13.2 Å². The Morgan fingerprint density at radius 1 is 1.19 bits per heavy atom. The van der Waals surface area contributed by atoms with Gasteiger partial charge < -0.3 is 14.4 Å². The van der Waals surface area contributed by atoms with Crippen molar-refractivity contribution in [3.05, 3.63) is 58.4 Å². The Labute approximate surface area is 152 Å². The topological polar surface area (TPSA) is 94.5 Å². The van der Waals surface area contributed by atoms with Gasteiger partial charge in [-0.15, -0.1) is 10.2 Å². The molecule has 0 unspecified atom stereocenters. The second-order valence-corrected chi connectivity index (χ2v) is 5.97. The van der Waals surface area contributed by atoms with E-state index in [0.29, 0.717) is 22.4 Å². The van der Waals surface area contributed by atoms with E-state index in [9.17, 15) is 9.18 Å². The summed E-state index contributed by atoms with van der Waals surface area (Å²) < 4.78 is 21.5. The van der Waals surface area contributed by atoms with Gasteiger partial charge in [-0.3, -0.25) is 4.79 Å². The van der Waals surface area contributed by atoms with Crippen LogP contribution in [0.25, 0.3) is 27.8 Å². The van der Waals surface area contributed by atoms with Crippen molar-refractivity contribution in [3.8, 4) is 11.1 Å². The van der Waals surface area contributed by atoms with E-state index < -0.39 is 0 Å². The largest absolute Gasteiger partial charge is 0.395 e. The van der Waals surface area contributed by atoms with Gasteiger partial charge in [-0.1, -0.05) is 12.1 Å². The molecule has 9 heteroatoms. The highest BCUT2D eigenvalue weighted by atomic mass is 19.1. The third kappa shape index (κ3) is 2.86. The van der Waals surface area contributed by atoms with Gasteiger partial charge in [0.25, 0.3) is 5.56 Å². The summed E-state index contributed by atoms with van der Waals surface area (Å²) in [5, 5.41) is 21.9. The van der Waals surface area contributed by atoms with E-state index in [-0.39, 0.29) is 36.7 Å². The molecular formula is C18H16FN5O3. The van der Waals surface area contributed by atoms with Crippen LogP contribution in [0.3, 0.4) is 0 Å². The van der Waals surface area contributed by atoms with Gasteiger partial charge in [-0.25, -0.2) is 8.91 Å². The van der Waals surface area contributed by atoms with E-state index in [1.165, 1.54) is 16.7 Å². The summed E-state index contributed by atoms with van der Waals surface area (Å²) in [5.41, 5.74) is 2.72. The van der Waals surface area contributed by atoms with Crippen molar-refractivity contribution in [2.75, 3.05) is 13.7 Å². The summed E-state index contributed by atoms with van der Waals surface area (Å²) in [6.07, 6.45) is 1.58. The van der Waals surface area contributed by atoms with Crippen LogP contribution in [0.4, 0.5) is 4.39 Å². The van der Waals surface area contributed by atoms with Crippen molar-refractivity contribution in [1.82, 2.24) is 24.4 Å². The summed E-state index contributed by atoms with van der Waals surface area (Å²) in [5.74, 6) is -0.343. The highest BCUT2D eigenvalue weighted by Gasteiger charge is 2.19. The Morgan fingerprint density at radius 3 is 2.67 bits per heavy atom. The first-order valence-corrected chi connectivity index (χ1v) is 8.27. The molecule has 0 radical (unpaired) electrons. The highest BCUT2D eigenvalue weighted by molar-refractivity contribution is 5.84. The van der Waals surface area contributed by atoms with Gasteiger partial charge in [0.2, 0.25) is 0 Å². The predicted molar refractivity (Wildman–Crippen MR) is 95.7 cm³/mol. The summed E-state index contributed by atoms with van der Waals surface area (Å²) in [4.78, 5) is 12.5. The van der Waals surface area contributed by atoms with Crippen molar-refractivity contribution >= 4 is 16.7 Å². The van der Waals surface area contributed by atoms with Crippen molar-refractivity contribution in [1.29, 1.82) is 0 Å². The molecule has 3 heterocycles. The normalized spacial score (nSPS) is 11.5. The molecule has 4 rings (SSSR count). The zero-order chi connectivity index (χ0) is 19.0. The van der Waals surface area contributed by atoms with Gasteiger partial charge in [-0.2, -0.15) is 5.10 Å². The zero-order valence-electron chi connectivity index (χ0n) is 14.5. The Morgan fingerprint density at radius 2 is 1.96 bits per heavy atom. The SMILES string of the molecule is COCc1nn2c(nnc3c(=O)n(CCO)ccc32)c1-c1ccc(F)cc1. The number of methoxy groups -OCH3 is 1. The number of fused-ring (bicyclic) bond motifs is 3. The third-order valence-corrected chi connectivity index (χ3v) is 4.28. The van der Waals surface area contributed by atoms with Gasteiger partial charge in [-0.05, 0) is 23.8 Å². The van der Waals surface area contributed by atoms with Gasteiger partial charge in [0, 0.05) is 19.9 Å². The number of rotatable bonds is 5. The average molecular weight is 369 g/mol. The molecule has 8 nitrogen and oxygen atoms in total. The number of halogens is 1. The Balaban J connectivity index is 2.02. The van der Waals surface area contributed by atoms with Crippen LogP contribution in [-0.4, -0.2) is 43.2 Å². The van der Waals surface area contributed by atoms with Crippen molar-refractivity contribution in [2.24, 2.45) is 0 Å². The van der Waals surface area contributed by atoms with Crippen molar-refractivity contribution < 1.29 is 14.2 Å². The van der Waals surface area contributed by atoms with Crippen molar-refractivity contribution in [3.63, 3.8) is 0 Å². The molecular weight excluding hydrogens is 353 g/mol. The van der Waals surface area contributed by atoms with Crippen LogP contribution in [0, 0.1) is 5.82 Å². The van der Waals surface area contributed by atoms with Crippen LogP contribution in [0.2, 0.25) is 0 Å². The first kappa shape index (κ1) is 17.3. The van der Waals surface area contributed by atoms with E-state index in [1.807, 2.05) is 0 Å². The van der Waals surface area contributed by atoms with Crippen LogP contribution in [-0.2, 0) is 17.9 Å². The first-order valence-electron chi connectivity index (χ1n) is 8.27. The lowest BCUT2D eigenvalue weighted by molar-refractivity contribution is 0.181. The molecule has 3 aromatic heterocycles. The fourth-order valence-corrected chi connectivity index (χ4v) is 3.06. The van der Waals surface area contributed by atoms with E-state index in [2.05, 4.69) is 15.3 Å². The fraction of sp³-hybridized carbons (Fsp3) is 0.222. The molecule has 0 fully saturated rings. The highest BCUT2D eigenvalue weighted by Crippen LogP contribution is 2.29. The van der Waals surface area contributed by atoms with Crippen LogP contribution < -0.4 is 5.56 Å². The van der Waals surface area contributed by atoms with Crippen LogP contribution in [0.15, 0.2) is 41.3 Å². The van der Waals surface area contributed by atoms with E-state index >= 15 is 0 Å². The second-order valence-electron chi connectivity index (χ2n) is 5.97. The molecule has 138 valence electrons. The van der Waals surface area contributed by atoms with E-state index in [1.54, 1.807) is 36.0 Å². The molecule has 0 aliphatic carbocycles. The molecule has 4 aromatic rings. The van der Waals surface area contributed by atoms with Crippen LogP contribution in [0.1, 0.15) is 5.69 Å². The first-order chi connectivity index (χ1) is 13.1. The third-order valence-electron chi connectivity index (χ3n) is 4.28. The van der Waals surface area contributed by atoms with Crippen LogP contribution >= 0.6 is 0 Å². The van der Waals surface area contributed by atoms with E-state index in [0.717, 1.165) is 5.56 Å². The minimum atomic E-state index is -0.358. The lowest BCUT2D eigenvalue weighted by atomic mass is 10.1. The molecule has 0 saturated heterocycles. The summed E-state index contributed by atoms with van der Waals surface area (Å²) in [6.45, 7) is 0.234. The number of pyridine rings is 1. The number of nitrogens with zero attached hydrogens (tertiary/aromatic N) is 5. The standard InChI is InChI=1S/C18H16FN5O3/c1-27-10-13-15(11-2-4-12(19)5-3-11)17-21-20-16-14(24(17)22-13)6-7-23(8-9-25)18(16)26/h2-7,25H,8-10H2,1H3. The number of hydrogen-bond acceptors (Lipinski definition) is 6. The summed E-state index contributed by atoms with van der Waals surface area (Å²) >= 11 is 0. The maximum atomic E-state index is 13.3. The minimum Gasteiger partial charge on any atom is -0.395 e. The molecule has 1 aromatic carbocycles. The molecule has 0 aliphatic heterocycles. The number of aromatic nitrogens is 5. The molecule has 27 heavy (non-hydrogen) atoms. The summed E-state index contributed by atoms with van der Waals surface area (Å²) in [7, 11) is 1.55. The monoisotopic (exact) mass is 369 g/mol. The molecule has 0 aliphatic rings. The van der Waals surface area contributed by atoms with E-state index in [4.69, 9.17) is 9.84 Å². The number of benzene rings is 1.